The van der Waals surface area contributed by atoms with Crippen LogP contribution >= 0.6 is 0 Å². The lowest BCUT2D eigenvalue weighted by Crippen LogP contribution is -2.34. The molecule has 1 N–H and O–H groups in total. The summed E-state index contributed by atoms with van der Waals surface area (Å²) in [6.07, 6.45) is 0.724. The first kappa shape index (κ1) is 19.3. The SMILES string of the molecule is CCC(C)NC(=O)c1cc2ccc(OC(=O)c3ccccc3F)cc2oc1=O. The Labute approximate surface area is 159 Å². The van der Waals surface area contributed by atoms with Gasteiger partial charge in [-0.05, 0) is 43.7 Å². The molecule has 3 rings (SSSR count). The van der Waals surface area contributed by atoms with Crippen molar-refractivity contribution in [1.29, 1.82) is 0 Å². The molecule has 1 aromatic heterocycles. The quantitative estimate of drug-likeness (QED) is 0.413. The van der Waals surface area contributed by atoms with Gasteiger partial charge in [0.1, 0.15) is 22.7 Å². The Balaban J connectivity index is 1.87. The molecule has 2 aromatic carbocycles. The highest BCUT2D eigenvalue weighted by atomic mass is 19.1. The van der Waals surface area contributed by atoms with E-state index in [4.69, 9.17) is 9.15 Å². The first-order chi connectivity index (χ1) is 13.4. The molecule has 7 heteroatoms. The maximum Gasteiger partial charge on any atom is 0.349 e. The lowest BCUT2D eigenvalue weighted by atomic mass is 10.1. The van der Waals surface area contributed by atoms with Gasteiger partial charge in [-0.15, -0.1) is 0 Å². The van der Waals surface area contributed by atoms with Crippen LogP contribution in [0.1, 0.15) is 41.0 Å². The van der Waals surface area contributed by atoms with Gasteiger partial charge in [0.05, 0.1) is 5.56 Å². The number of hydrogen-bond acceptors (Lipinski definition) is 5. The fraction of sp³-hybridized carbons (Fsp3) is 0.190. The third kappa shape index (κ3) is 4.09. The van der Waals surface area contributed by atoms with Crippen LogP contribution < -0.4 is 15.7 Å². The topological polar surface area (TPSA) is 85.6 Å². The van der Waals surface area contributed by atoms with Gasteiger partial charge in [-0.3, -0.25) is 4.79 Å². The number of nitrogens with one attached hydrogen (secondary N) is 1. The van der Waals surface area contributed by atoms with Crippen LogP contribution in [0.2, 0.25) is 0 Å². The van der Waals surface area contributed by atoms with Gasteiger partial charge in [-0.1, -0.05) is 19.1 Å². The number of rotatable bonds is 5. The third-order valence-corrected chi connectivity index (χ3v) is 4.25. The zero-order valence-electron chi connectivity index (χ0n) is 15.3. The second-order valence-corrected chi connectivity index (χ2v) is 6.30. The predicted molar refractivity (Wildman–Crippen MR) is 101 cm³/mol. The fourth-order valence-electron chi connectivity index (χ4n) is 2.51. The van der Waals surface area contributed by atoms with Gasteiger partial charge in [-0.25, -0.2) is 14.0 Å². The Morgan fingerprint density at radius 3 is 2.61 bits per heavy atom. The van der Waals surface area contributed by atoms with Gasteiger partial charge in [0.15, 0.2) is 0 Å². The number of hydrogen-bond donors (Lipinski definition) is 1. The molecule has 0 saturated heterocycles. The minimum atomic E-state index is -0.871. The number of carbonyl (C=O) groups excluding carboxylic acids is 2. The van der Waals surface area contributed by atoms with Gasteiger partial charge in [0, 0.05) is 17.5 Å². The van der Waals surface area contributed by atoms with Crippen molar-refractivity contribution >= 4 is 22.8 Å². The Morgan fingerprint density at radius 2 is 1.89 bits per heavy atom. The number of esters is 1. The summed E-state index contributed by atoms with van der Waals surface area (Å²) in [4.78, 5) is 36.5. The maximum absolute atomic E-state index is 13.7. The van der Waals surface area contributed by atoms with Gasteiger partial charge < -0.3 is 14.5 Å². The van der Waals surface area contributed by atoms with Gasteiger partial charge in [0.25, 0.3) is 5.91 Å². The van der Waals surface area contributed by atoms with Crippen LogP contribution in [0.25, 0.3) is 11.0 Å². The summed E-state index contributed by atoms with van der Waals surface area (Å²) in [6.45, 7) is 3.74. The molecule has 0 saturated carbocycles. The number of fused-ring (bicyclic) bond motifs is 1. The highest BCUT2D eigenvalue weighted by Gasteiger charge is 2.17. The molecule has 0 radical (unpaired) electrons. The van der Waals surface area contributed by atoms with Crippen molar-refractivity contribution in [2.75, 3.05) is 0 Å². The number of amides is 1. The van der Waals surface area contributed by atoms with E-state index < -0.39 is 23.3 Å². The van der Waals surface area contributed by atoms with Crippen LogP contribution in [-0.4, -0.2) is 17.9 Å². The van der Waals surface area contributed by atoms with Crippen LogP contribution in [0.15, 0.2) is 57.7 Å². The second kappa shape index (κ2) is 8.04. The average Bonchev–Trinajstić information content (AvgIpc) is 2.67. The van der Waals surface area contributed by atoms with E-state index in [1.54, 1.807) is 6.07 Å². The molecule has 0 aliphatic heterocycles. The Hall–Kier alpha value is -3.48. The predicted octanol–water partition coefficient (Wildman–Crippen LogP) is 3.68. The summed E-state index contributed by atoms with van der Waals surface area (Å²) in [5, 5.41) is 3.19. The monoisotopic (exact) mass is 383 g/mol. The number of halogens is 1. The van der Waals surface area contributed by atoms with Crippen molar-refractivity contribution in [3.63, 3.8) is 0 Å². The van der Waals surface area contributed by atoms with Crippen LogP contribution in [0.3, 0.4) is 0 Å². The first-order valence-corrected chi connectivity index (χ1v) is 8.74. The van der Waals surface area contributed by atoms with Crippen molar-refractivity contribution in [2.45, 2.75) is 26.3 Å². The minimum Gasteiger partial charge on any atom is -0.423 e. The van der Waals surface area contributed by atoms with E-state index in [-0.39, 0.29) is 28.5 Å². The van der Waals surface area contributed by atoms with Crippen molar-refractivity contribution in [3.8, 4) is 5.75 Å². The van der Waals surface area contributed by atoms with Crippen LogP contribution in [0.5, 0.6) is 5.75 Å². The maximum atomic E-state index is 13.7. The lowest BCUT2D eigenvalue weighted by molar-refractivity contribution is 0.0729. The molecule has 1 unspecified atom stereocenters. The summed E-state index contributed by atoms with van der Waals surface area (Å²) in [6, 6.07) is 11.1. The van der Waals surface area contributed by atoms with E-state index in [0.29, 0.717) is 5.39 Å². The van der Waals surface area contributed by atoms with E-state index in [1.165, 1.54) is 36.4 Å². The average molecular weight is 383 g/mol. The van der Waals surface area contributed by atoms with Crippen LogP contribution in [0, 0.1) is 5.82 Å². The number of ether oxygens (including phenoxy) is 1. The minimum absolute atomic E-state index is 0.0808. The molecule has 1 amide bonds. The van der Waals surface area contributed by atoms with Gasteiger partial charge in [-0.2, -0.15) is 0 Å². The summed E-state index contributed by atoms with van der Waals surface area (Å²) in [5.41, 5.74) is -0.972. The molecule has 0 fully saturated rings. The molecule has 144 valence electrons. The van der Waals surface area contributed by atoms with E-state index in [1.807, 2.05) is 13.8 Å². The molecule has 0 spiro atoms. The summed E-state index contributed by atoms with van der Waals surface area (Å²) >= 11 is 0. The van der Waals surface area contributed by atoms with E-state index in [2.05, 4.69) is 5.32 Å². The van der Waals surface area contributed by atoms with Crippen LogP contribution in [-0.2, 0) is 0 Å². The molecule has 1 atom stereocenters. The Morgan fingerprint density at radius 1 is 1.14 bits per heavy atom. The van der Waals surface area contributed by atoms with Gasteiger partial charge in [0.2, 0.25) is 0 Å². The molecule has 1 heterocycles. The Bertz CT molecular complexity index is 1110. The largest absolute Gasteiger partial charge is 0.423 e. The highest BCUT2D eigenvalue weighted by Crippen LogP contribution is 2.22. The van der Waals surface area contributed by atoms with Crippen molar-refractivity contribution in [1.82, 2.24) is 5.32 Å². The first-order valence-electron chi connectivity index (χ1n) is 8.74. The normalized spacial score (nSPS) is 11.8. The molecular weight excluding hydrogens is 365 g/mol. The highest BCUT2D eigenvalue weighted by molar-refractivity contribution is 5.97. The third-order valence-electron chi connectivity index (χ3n) is 4.25. The van der Waals surface area contributed by atoms with E-state index in [0.717, 1.165) is 12.5 Å². The van der Waals surface area contributed by atoms with Crippen LogP contribution in [0.4, 0.5) is 4.39 Å². The molecule has 3 aromatic rings. The van der Waals surface area contributed by atoms with Crippen molar-refractivity contribution in [2.24, 2.45) is 0 Å². The standard InChI is InChI=1S/C21H18FNO5/c1-3-12(2)23-19(24)16-10-13-8-9-14(11-18(13)28-21(16)26)27-20(25)15-6-4-5-7-17(15)22/h4-12H,3H2,1-2H3,(H,23,24). The molecule has 0 aliphatic rings. The zero-order valence-corrected chi connectivity index (χ0v) is 15.3. The molecular formula is C21H18FNO5. The fourth-order valence-corrected chi connectivity index (χ4v) is 2.51. The summed E-state index contributed by atoms with van der Waals surface area (Å²) in [5.74, 6) is -2.00. The van der Waals surface area contributed by atoms with E-state index >= 15 is 0 Å². The smallest absolute Gasteiger partial charge is 0.349 e. The summed E-state index contributed by atoms with van der Waals surface area (Å²) in [7, 11) is 0. The van der Waals surface area contributed by atoms with Crippen molar-refractivity contribution < 1.29 is 23.1 Å². The molecule has 0 aliphatic carbocycles. The van der Waals surface area contributed by atoms with E-state index in [9.17, 15) is 18.8 Å². The Kier molecular flexibility index (Phi) is 5.54. The number of benzene rings is 2. The molecule has 6 nitrogen and oxygen atoms in total. The van der Waals surface area contributed by atoms with Crippen molar-refractivity contribution in [3.05, 3.63) is 75.9 Å². The summed E-state index contributed by atoms with van der Waals surface area (Å²) < 4.78 is 24.0. The lowest BCUT2D eigenvalue weighted by Gasteiger charge is -2.11. The second-order valence-electron chi connectivity index (χ2n) is 6.30. The number of carbonyl (C=O) groups is 2. The zero-order chi connectivity index (χ0) is 20.3. The van der Waals surface area contributed by atoms with Gasteiger partial charge >= 0.3 is 11.6 Å². The molecule has 28 heavy (non-hydrogen) atoms. The molecule has 0 bridgehead atoms.